The Kier molecular flexibility index (Phi) is 9.37. The van der Waals surface area contributed by atoms with E-state index in [9.17, 15) is 17.2 Å². The molecule has 0 saturated carbocycles. The third-order valence-electron chi connectivity index (χ3n) is 3.11. The van der Waals surface area contributed by atoms with E-state index in [0.717, 1.165) is 38.3 Å². The Morgan fingerprint density at radius 2 is 1.82 bits per heavy atom. The minimum Gasteiger partial charge on any atom is -0.314 e. The number of sulfonamides is 1. The van der Waals surface area contributed by atoms with Crippen LogP contribution in [0.15, 0.2) is 23.1 Å². The maximum absolute atomic E-state index is 13.4. The smallest absolute Gasteiger partial charge is 0.243 e. The van der Waals surface area contributed by atoms with E-state index in [0.29, 0.717) is 12.6 Å². The Hall–Kier alpha value is -0.510. The van der Waals surface area contributed by atoms with Crippen molar-refractivity contribution in [2.24, 2.45) is 0 Å². The summed E-state index contributed by atoms with van der Waals surface area (Å²) in [5.41, 5.74) is 0. The van der Waals surface area contributed by atoms with Gasteiger partial charge in [-0.3, -0.25) is 4.90 Å². The van der Waals surface area contributed by atoms with Crippen LogP contribution in [0.4, 0.5) is 8.78 Å². The second-order valence-corrected chi connectivity index (χ2v) is 6.30. The van der Waals surface area contributed by atoms with E-state index in [1.165, 1.54) is 0 Å². The third-order valence-corrected chi connectivity index (χ3v) is 4.59. The quantitative estimate of drug-likeness (QED) is 0.803. The molecule has 0 amide bonds. The van der Waals surface area contributed by atoms with Gasteiger partial charge in [-0.25, -0.2) is 21.9 Å². The molecule has 0 atom stereocenters. The van der Waals surface area contributed by atoms with Crippen LogP contribution in [0.2, 0.25) is 0 Å². The van der Waals surface area contributed by atoms with Crippen LogP contribution in [0.1, 0.15) is 0 Å². The average molecular weight is 378 g/mol. The summed E-state index contributed by atoms with van der Waals surface area (Å²) < 4.78 is 52.5. The first kappa shape index (κ1) is 21.5. The first-order chi connectivity index (χ1) is 9.49. The molecule has 10 heteroatoms. The van der Waals surface area contributed by atoms with Crippen molar-refractivity contribution in [2.45, 2.75) is 4.90 Å². The van der Waals surface area contributed by atoms with Gasteiger partial charge in [0.25, 0.3) is 0 Å². The summed E-state index contributed by atoms with van der Waals surface area (Å²) in [5.74, 6) is -1.74. The fourth-order valence-electron chi connectivity index (χ4n) is 2.03. The Morgan fingerprint density at radius 3 is 2.45 bits per heavy atom. The lowest BCUT2D eigenvalue weighted by Crippen LogP contribution is -2.46. The van der Waals surface area contributed by atoms with Gasteiger partial charge in [0.2, 0.25) is 10.0 Å². The van der Waals surface area contributed by atoms with Crippen LogP contribution in [0.3, 0.4) is 0 Å². The Labute approximate surface area is 141 Å². The van der Waals surface area contributed by atoms with E-state index in [1.807, 2.05) is 0 Å². The molecule has 0 unspecified atom stereocenters. The van der Waals surface area contributed by atoms with Crippen molar-refractivity contribution in [2.75, 3.05) is 39.3 Å². The second-order valence-electron chi connectivity index (χ2n) is 4.56. The van der Waals surface area contributed by atoms with Crippen LogP contribution in [-0.4, -0.2) is 52.6 Å². The average Bonchev–Trinajstić information content (AvgIpc) is 2.42. The highest BCUT2D eigenvalue weighted by molar-refractivity contribution is 7.89. The molecule has 1 saturated heterocycles. The number of halogens is 4. The Morgan fingerprint density at radius 1 is 1.18 bits per heavy atom. The number of hydrogen-bond acceptors (Lipinski definition) is 4. The molecule has 0 aliphatic carbocycles. The Bertz CT molecular complexity index is 569. The molecule has 1 heterocycles. The van der Waals surface area contributed by atoms with Gasteiger partial charge >= 0.3 is 0 Å². The van der Waals surface area contributed by atoms with Crippen LogP contribution in [0, 0.1) is 11.6 Å². The number of benzene rings is 1. The summed E-state index contributed by atoms with van der Waals surface area (Å²) in [6.07, 6.45) is 0. The minimum atomic E-state index is -4.02. The lowest BCUT2D eigenvalue weighted by Gasteiger charge is -2.27. The monoisotopic (exact) mass is 377 g/mol. The lowest BCUT2D eigenvalue weighted by atomic mass is 10.3. The largest absolute Gasteiger partial charge is 0.314 e. The molecule has 2 N–H and O–H groups in total. The molecule has 0 aromatic heterocycles. The zero-order valence-corrected chi connectivity index (χ0v) is 14.2. The standard InChI is InChI=1S/C12H17F2N3O2S.2ClH/c13-10-1-2-11(14)12(9-10)20(18,19)16-5-8-17-6-3-15-4-7-17;;/h1-2,9,15-16H,3-8H2;2*1H. The van der Waals surface area contributed by atoms with Crippen molar-refractivity contribution in [1.29, 1.82) is 0 Å². The normalized spacial score (nSPS) is 15.7. The van der Waals surface area contributed by atoms with E-state index < -0.39 is 26.6 Å². The first-order valence-corrected chi connectivity index (χ1v) is 7.85. The van der Waals surface area contributed by atoms with Crippen molar-refractivity contribution in [3.05, 3.63) is 29.8 Å². The summed E-state index contributed by atoms with van der Waals surface area (Å²) in [5, 5.41) is 3.19. The SMILES string of the molecule is Cl.Cl.O=S(=O)(NCCN1CCNCC1)c1cc(F)ccc1F. The van der Waals surface area contributed by atoms with Crippen LogP contribution < -0.4 is 10.0 Å². The van der Waals surface area contributed by atoms with Gasteiger partial charge in [0.15, 0.2) is 0 Å². The van der Waals surface area contributed by atoms with Gasteiger partial charge in [0, 0.05) is 39.3 Å². The van der Waals surface area contributed by atoms with E-state index in [1.54, 1.807) is 0 Å². The van der Waals surface area contributed by atoms with E-state index in [2.05, 4.69) is 14.9 Å². The number of rotatable bonds is 5. The van der Waals surface area contributed by atoms with E-state index >= 15 is 0 Å². The fourth-order valence-corrected chi connectivity index (χ4v) is 3.14. The first-order valence-electron chi connectivity index (χ1n) is 6.37. The van der Waals surface area contributed by atoms with Crippen molar-refractivity contribution in [3.63, 3.8) is 0 Å². The van der Waals surface area contributed by atoms with Crippen LogP contribution in [0.5, 0.6) is 0 Å². The highest BCUT2D eigenvalue weighted by atomic mass is 35.5. The molecule has 0 bridgehead atoms. The summed E-state index contributed by atoms with van der Waals surface area (Å²) in [6.45, 7) is 4.12. The maximum Gasteiger partial charge on any atom is 0.243 e. The van der Waals surface area contributed by atoms with Gasteiger partial charge in [-0.05, 0) is 18.2 Å². The van der Waals surface area contributed by atoms with Crippen molar-refractivity contribution >= 4 is 34.8 Å². The van der Waals surface area contributed by atoms with Crippen molar-refractivity contribution < 1.29 is 17.2 Å². The van der Waals surface area contributed by atoms with Crippen molar-refractivity contribution in [1.82, 2.24) is 14.9 Å². The molecule has 22 heavy (non-hydrogen) atoms. The molecule has 1 aliphatic heterocycles. The summed E-state index contributed by atoms with van der Waals surface area (Å²) >= 11 is 0. The number of nitrogens with zero attached hydrogens (tertiary/aromatic N) is 1. The van der Waals surface area contributed by atoms with Crippen LogP contribution in [0.25, 0.3) is 0 Å². The topological polar surface area (TPSA) is 61.4 Å². The summed E-state index contributed by atoms with van der Waals surface area (Å²) in [7, 11) is -4.02. The fraction of sp³-hybridized carbons (Fsp3) is 0.500. The molecule has 1 fully saturated rings. The molecule has 2 rings (SSSR count). The van der Waals surface area contributed by atoms with Gasteiger partial charge in [-0.15, -0.1) is 24.8 Å². The zero-order chi connectivity index (χ0) is 14.6. The maximum atomic E-state index is 13.4. The van der Waals surface area contributed by atoms with E-state index in [4.69, 9.17) is 0 Å². The van der Waals surface area contributed by atoms with Gasteiger partial charge < -0.3 is 5.32 Å². The lowest BCUT2D eigenvalue weighted by molar-refractivity contribution is 0.245. The number of hydrogen-bond donors (Lipinski definition) is 2. The molecule has 128 valence electrons. The Balaban J connectivity index is 0.00000220. The number of piperazine rings is 1. The molecule has 1 aliphatic rings. The molecular formula is C12H19Cl2F2N3O2S. The van der Waals surface area contributed by atoms with Gasteiger partial charge in [0.05, 0.1) is 0 Å². The van der Waals surface area contributed by atoms with Crippen LogP contribution in [-0.2, 0) is 10.0 Å². The predicted molar refractivity (Wildman–Crippen MR) is 85.4 cm³/mol. The molecule has 5 nitrogen and oxygen atoms in total. The van der Waals surface area contributed by atoms with Crippen LogP contribution >= 0.6 is 24.8 Å². The molecular weight excluding hydrogens is 359 g/mol. The third kappa shape index (κ3) is 5.94. The highest BCUT2D eigenvalue weighted by Crippen LogP contribution is 2.15. The zero-order valence-electron chi connectivity index (χ0n) is 11.7. The highest BCUT2D eigenvalue weighted by Gasteiger charge is 2.20. The molecule has 0 spiro atoms. The number of nitrogens with one attached hydrogen (secondary N) is 2. The van der Waals surface area contributed by atoms with Gasteiger partial charge in [0.1, 0.15) is 16.5 Å². The van der Waals surface area contributed by atoms with Gasteiger partial charge in [-0.2, -0.15) is 0 Å². The predicted octanol–water partition coefficient (Wildman–Crippen LogP) is 0.992. The molecule has 0 radical (unpaired) electrons. The second kappa shape index (κ2) is 9.59. The van der Waals surface area contributed by atoms with E-state index in [-0.39, 0.29) is 31.4 Å². The minimum absolute atomic E-state index is 0. The summed E-state index contributed by atoms with van der Waals surface area (Å²) in [6, 6.07) is 2.37. The van der Waals surface area contributed by atoms with Gasteiger partial charge in [-0.1, -0.05) is 0 Å². The van der Waals surface area contributed by atoms with Crippen molar-refractivity contribution in [3.8, 4) is 0 Å². The molecule has 1 aromatic rings. The molecule has 1 aromatic carbocycles. The summed E-state index contributed by atoms with van der Waals surface area (Å²) in [4.78, 5) is 1.44.